The van der Waals surface area contributed by atoms with Crippen LogP contribution < -0.4 is 14.9 Å². The molecule has 2 N–H and O–H groups in total. The van der Waals surface area contributed by atoms with E-state index in [1.807, 2.05) is 36.1 Å². The van der Waals surface area contributed by atoms with Gasteiger partial charge in [-0.15, -0.1) is 0 Å². The van der Waals surface area contributed by atoms with Crippen LogP contribution in [-0.2, 0) is 21.8 Å². The molecule has 0 radical (unpaired) electrons. The number of hydrogen-bond acceptors (Lipinski definition) is 8. The molecule has 0 amide bonds. The monoisotopic (exact) mass is 479 g/mol. The van der Waals surface area contributed by atoms with Crippen molar-refractivity contribution in [2.75, 3.05) is 47.5 Å². The maximum absolute atomic E-state index is 11.5. The van der Waals surface area contributed by atoms with Crippen LogP contribution in [0.3, 0.4) is 0 Å². The third-order valence-corrected chi connectivity index (χ3v) is 6.12. The highest BCUT2D eigenvalue weighted by molar-refractivity contribution is 7.92. The van der Waals surface area contributed by atoms with Crippen LogP contribution in [0.25, 0.3) is 22.2 Å². The first-order chi connectivity index (χ1) is 16.3. The average Bonchev–Trinajstić information content (AvgIpc) is 3.20. The van der Waals surface area contributed by atoms with Crippen molar-refractivity contribution in [3.05, 3.63) is 54.7 Å². The molecule has 0 aliphatic carbocycles. The van der Waals surface area contributed by atoms with E-state index in [1.165, 1.54) is 0 Å². The van der Waals surface area contributed by atoms with E-state index in [-0.39, 0.29) is 0 Å². The second kappa shape index (κ2) is 8.92. The zero-order valence-electron chi connectivity index (χ0n) is 18.9. The van der Waals surface area contributed by atoms with Crippen molar-refractivity contribution in [3.8, 4) is 11.3 Å². The van der Waals surface area contributed by atoms with Crippen molar-refractivity contribution in [1.29, 1.82) is 0 Å². The number of anilines is 4. The molecular weight excluding hydrogens is 454 g/mol. The van der Waals surface area contributed by atoms with E-state index in [9.17, 15) is 8.42 Å². The van der Waals surface area contributed by atoms with Gasteiger partial charge in [-0.05, 0) is 30.3 Å². The maximum Gasteiger partial charge on any atom is 0.229 e. The minimum Gasteiger partial charge on any atom is -0.378 e. The van der Waals surface area contributed by atoms with Gasteiger partial charge in [-0.1, -0.05) is 12.1 Å². The molecule has 5 rings (SSSR count). The Morgan fingerprint density at radius 3 is 2.44 bits per heavy atom. The predicted molar refractivity (Wildman–Crippen MR) is 133 cm³/mol. The summed E-state index contributed by atoms with van der Waals surface area (Å²) in [5, 5.41) is 8.72. The lowest BCUT2D eigenvalue weighted by Crippen LogP contribution is -2.37. The lowest BCUT2D eigenvalue weighted by Gasteiger charge is -2.27. The summed E-state index contributed by atoms with van der Waals surface area (Å²) >= 11 is 0. The molecule has 10 nitrogen and oxygen atoms in total. The Bertz CT molecular complexity index is 1430. The van der Waals surface area contributed by atoms with Crippen LogP contribution in [0.2, 0.25) is 0 Å². The quantitative estimate of drug-likeness (QED) is 0.434. The molecule has 11 heteroatoms. The molecular formula is C23H25N7O3S. The molecule has 0 bridgehead atoms. The number of nitrogens with one attached hydrogen (secondary N) is 2. The van der Waals surface area contributed by atoms with Gasteiger partial charge in [0.05, 0.1) is 36.9 Å². The zero-order valence-corrected chi connectivity index (χ0v) is 19.7. The van der Waals surface area contributed by atoms with E-state index < -0.39 is 10.0 Å². The highest BCUT2D eigenvalue weighted by Crippen LogP contribution is 2.28. The van der Waals surface area contributed by atoms with Crippen LogP contribution in [0.5, 0.6) is 0 Å². The van der Waals surface area contributed by atoms with Gasteiger partial charge in [-0.25, -0.2) is 13.4 Å². The molecule has 0 unspecified atom stereocenters. The highest BCUT2D eigenvalue weighted by Gasteiger charge is 2.17. The standard InChI is InChI=1S/C23H25N7O3S/c1-29-21-13-16(3-4-17(21)15-24-29)20-14-22(27-23(26-20)30-9-11-33-12-10-30)25-18-5-7-19(8-6-18)28-34(2,31)32/h3-8,13-15,28H,9-12H2,1-2H3,(H,25,26,27). The van der Waals surface area contributed by atoms with E-state index in [1.54, 1.807) is 24.3 Å². The summed E-state index contributed by atoms with van der Waals surface area (Å²) in [4.78, 5) is 11.7. The van der Waals surface area contributed by atoms with Crippen molar-refractivity contribution >= 4 is 44.1 Å². The second-order valence-corrected chi connectivity index (χ2v) is 9.90. The summed E-state index contributed by atoms with van der Waals surface area (Å²) in [5.74, 6) is 1.27. The van der Waals surface area contributed by atoms with Gasteiger partial charge in [0.15, 0.2) is 0 Å². The summed E-state index contributed by atoms with van der Waals surface area (Å²) in [6.07, 6.45) is 2.96. The molecule has 1 saturated heterocycles. The Morgan fingerprint density at radius 1 is 0.971 bits per heavy atom. The number of sulfonamides is 1. The second-order valence-electron chi connectivity index (χ2n) is 8.16. The molecule has 3 heterocycles. The van der Waals surface area contributed by atoms with E-state index in [0.29, 0.717) is 30.7 Å². The van der Waals surface area contributed by atoms with Gasteiger partial charge < -0.3 is 15.0 Å². The fourth-order valence-corrected chi connectivity index (χ4v) is 4.40. The molecule has 1 fully saturated rings. The van der Waals surface area contributed by atoms with Crippen molar-refractivity contribution in [1.82, 2.24) is 19.7 Å². The molecule has 2 aromatic heterocycles. The number of aromatic nitrogens is 4. The molecule has 0 saturated carbocycles. The molecule has 4 aromatic rings. The van der Waals surface area contributed by atoms with Crippen LogP contribution in [0.4, 0.5) is 23.1 Å². The van der Waals surface area contributed by atoms with Gasteiger partial charge in [0.2, 0.25) is 16.0 Å². The van der Waals surface area contributed by atoms with Gasteiger partial charge >= 0.3 is 0 Å². The molecule has 34 heavy (non-hydrogen) atoms. The Balaban J connectivity index is 1.50. The average molecular weight is 480 g/mol. The minimum absolute atomic E-state index is 0.495. The fraction of sp³-hybridized carbons (Fsp3) is 0.261. The van der Waals surface area contributed by atoms with E-state index in [2.05, 4.69) is 26.1 Å². The third kappa shape index (κ3) is 4.95. The first-order valence-corrected chi connectivity index (χ1v) is 12.7. The largest absolute Gasteiger partial charge is 0.378 e. The van der Waals surface area contributed by atoms with Crippen LogP contribution in [0.15, 0.2) is 54.7 Å². The van der Waals surface area contributed by atoms with Crippen LogP contribution in [0.1, 0.15) is 0 Å². The first kappa shape index (κ1) is 22.1. The van der Waals surface area contributed by atoms with Gasteiger partial charge in [0, 0.05) is 48.5 Å². The smallest absolute Gasteiger partial charge is 0.229 e. The Labute approximate surface area is 197 Å². The lowest BCUT2D eigenvalue weighted by atomic mass is 10.1. The number of nitrogens with zero attached hydrogens (tertiary/aromatic N) is 5. The zero-order chi connectivity index (χ0) is 23.7. The molecule has 2 aromatic carbocycles. The highest BCUT2D eigenvalue weighted by atomic mass is 32.2. The van der Waals surface area contributed by atoms with Gasteiger partial charge in [0.1, 0.15) is 5.82 Å². The Hall–Kier alpha value is -3.70. The molecule has 1 aliphatic heterocycles. The van der Waals surface area contributed by atoms with Gasteiger partial charge in [-0.3, -0.25) is 9.40 Å². The number of fused-ring (bicyclic) bond motifs is 1. The van der Waals surface area contributed by atoms with Crippen LogP contribution in [-0.4, -0.2) is 60.7 Å². The van der Waals surface area contributed by atoms with E-state index in [0.717, 1.165) is 47.2 Å². The van der Waals surface area contributed by atoms with Crippen LogP contribution >= 0.6 is 0 Å². The summed E-state index contributed by atoms with van der Waals surface area (Å²) in [6.45, 7) is 2.70. The minimum atomic E-state index is -3.33. The van der Waals surface area contributed by atoms with E-state index >= 15 is 0 Å². The lowest BCUT2D eigenvalue weighted by molar-refractivity contribution is 0.122. The third-order valence-electron chi connectivity index (χ3n) is 5.51. The first-order valence-electron chi connectivity index (χ1n) is 10.8. The predicted octanol–water partition coefficient (Wildman–Crippen LogP) is 2.98. The molecule has 1 aliphatic rings. The van der Waals surface area contributed by atoms with E-state index in [4.69, 9.17) is 14.7 Å². The van der Waals surface area contributed by atoms with Gasteiger partial charge in [-0.2, -0.15) is 10.1 Å². The molecule has 176 valence electrons. The maximum atomic E-state index is 11.5. The van der Waals surface area contributed by atoms with Crippen molar-refractivity contribution < 1.29 is 13.2 Å². The number of benzene rings is 2. The molecule has 0 atom stereocenters. The van der Waals surface area contributed by atoms with Crippen molar-refractivity contribution in [2.45, 2.75) is 0 Å². The van der Waals surface area contributed by atoms with Crippen LogP contribution in [0, 0.1) is 0 Å². The summed E-state index contributed by atoms with van der Waals surface area (Å²) in [6, 6.07) is 15.0. The summed E-state index contributed by atoms with van der Waals surface area (Å²) in [7, 11) is -1.41. The SMILES string of the molecule is Cn1ncc2ccc(-c3cc(Nc4ccc(NS(C)(=O)=O)cc4)nc(N4CCOCC4)n3)cc21. The number of morpholine rings is 1. The normalized spacial score (nSPS) is 14.4. The van der Waals surface area contributed by atoms with Crippen molar-refractivity contribution in [3.63, 3.8) is 0 Å². The summed E-state index contributed by atoms with van der Waals surface area (Å²) in [5.41, 5.74) is 4.04. The van der Waals surface area contributed by atoms with Gasteiger partial charge in [0.25, 0.3) is 0 Å². The summed E-state index contributed by atoms with van der Waals surface area (Å²) < 4.78 is 32.7. The number of hydrogen-bond donors (Lipinski definition) is 2. The number of aryl methyl sites for hydroxylation is 1. The number of ether oxygens (including phenoxy) is 1. The van der Waals surface area contributed by atoms with Crippen molar-refractivity contribution in [2.24, 2.45) is 7.05 Å². The Morgan fingerprint density at radius 2 is 1.71 bits per heavy atom. The number of rotatable bonds is 6. The Kier molecular flexibility index (Phi) is 5.80. The molecule has 0 spiro atoms. The topological polar surface area (TPSA) is 114 Å². The fourth-order valence-electron chi connectivity index (χ4n) is 3.84.